The number of aromatic nitrogens is 2. The van der Waals surface area contributed by atoms with E-state index in [-0.39, 0.29) is 17.7 Å². The molecule has 1 aliphatic rings. The van der Waals surface area contributed by atoms with Crippen LogP contribution in [0.15, 0.2) is 24.3 Å². The minimum Gasteiger partial charge on any atom is -0.378 e. The molecule has 0 aliphatic carbocycles. The number of hydrogen-bond acceptors (Lipinski definition) is 6. The van der Waals surface area contributed by atoms with E-state index in [4.69, 9.17) is 0 Å². The summed E-state index contributed by atoms with van der Waals surface area (Å²) in [7, 11) is 3.98. The highest BCUT2D eigenvalue weighted by Crippen LogP contribution is 2.28. The summed E-state index contributed by atoms with van der Waals surface area (Å²) >= 11 is 1.33. The average molecular weight is 388 g/mol. The van der Waals surface area contributed by atoms with Gasteiger partial charge in [0.1, 0.15) is 11.0 Å². The molecule has 1 atom stereocenters. The first-order chi connectivity index (χ1) is 12.9. The average Bonchev–Trinajstić information content (AvgIpc) is 3.30. The van der Waals surface area contributed by atoms with Crippen LogP contribution in [0.3, 0.4) is 0 Å². The van der Waals surface area contributed by atoms with Crippen molar-refractivity contribution in [2.24, 2.45) is 5.92 Å². The lowest BCUT2D eigenvalue weighted by molar-refractivity contribution is -0.139. The Hall–Kier alpha value is -2.48. The fraction of sp³-hybridized carbons (Fsp3) is 0.474. The largest absolute Gasteiger partial charge is 0.378 e. The quantitative estimate of drug-likeness (QED) is 0.853. The molecule has 2 aromatic rings. The van der Waals surface area contributed by atoms with Gasteiger partial charge in [0.2, 0.25) is 16.9 Å². The van der Waals surface area contributed by atoms with Gasteiger partial charge in [0.15, 0.2) is 0 Å². The summed E-state index contributed by atoms with van der Waals surface area (Å²) in [5.74, 6) is -0.282. The third kappa shape index (κ3) is 4.27. The SMILES string of the molecule is CC(C)C(=O)N1CCCC1C(=O)Nc1nnc(-c2ccc(N(C)C)cc2)s1. The molecule has 1 N–H and O–H groups in total. The van der Waals surface area contributed by atoms with Crippen LogP contribution in [0.4, 0.5) is 10.8 Å². The number of benzene rings is 1. The maximum Gasteiger partial charge on any atom is 0.249 e. The lowest BCUT2D eigenvalue weighted by atomic mass is 10.1. The van der Waals surface area contributed by atoms with Gasteiger partial charge in [-0.05, 0) is 37.1 Å². The molecule has 8 heteroatoms. The number of carbonyl (C=O) groups excluding carboxylic acids is 2. The van der Waals surface area contributed by atoms with Crippen LogP contribution in [0.2, 0.25) is 0 Å². The summed E-state index contributed by atoms with van der Waals surface area (Å²) in [6, 6.07) is 7.58. The summed E-state index contributed by atoms with van der Waals surface area (Å²) in [5, 5.41) is 12.3. The van der Waals surface area contributed by atoms with E-state index < -0.39 is 6.04 Å². The molecular formula is C19H25N5O2S. The smallest absolute Gasteiger partial charge is 0.249 e. The Labute approximate surface area is 163 Å². The molecule has 1 fully saturated rings. The van der Waals surface area contributed by atoms with Crippen molar-refractivity contribution in [3.05, 3.63) is 24.3 Å². The van der Waals surface area contributed by atoms with Crippen molar-refractivity contribution < 1.29 is 9.59 Å². The maximum absolute atomic E-state index is 12.6. The van der Waals surface area contributed by atoms with Gasteiger partial charge >= 0.3 is 0 Å². The topological polar surface area (TPSA) is 78.4 Å². The van der Waals surface area contributed by atoms with Crippen molar-refractivity contribution in [2.45, 2.75) is 32.7 Å². The molecule has 144 valence electrons. The van der Waals surface area contributed by atoms with Crippen molar-refractivity contribution in [3.63, 3.8) is 0 Å². The minimum absolute atomic E-state index is 0.0200. The number of anilines is 2. The first-order valence-corrected chi connectivity index (χ1v) is 9.91. The fourth-order valence-corrected chi connectivity index (χ4v) is 3.87. The van der Waals surface area contributed by atoms with E-state index in [1.165, 1.54) is 11.3 Å². The van der Waals surface area contributed by atoms with Crippen LogP contribution in [0, 0.1) is 5.92 Å². The second kappa shape index (κ2) is 8.04. The minimum atomic E-state index is -0.424. The molecule has 0 saturated carbocycles. The molecule has 1 unspecified atom stereocenters. The van der Waals surface area contributed by atoms with E-state index in [0.29, 0.717) is 18.1 Å². The van der Waals surface area contributed by atoms with Crippen LogP contribution in [0.5, 0.6) is 0 Å². The van der Waals surface area contributed by atoms with Gasteiger partial charge in [-0.1, -0.05) is 25.2 Å². The molecule has 0 radical (unpaired) electrons. The molecule has 3 rings (SSSR count). The van der Waals surface area contributed by atoms with Crippen LogP contribution < -0.4 is 10.2 Å². The first kappa shape index (κ1) is 19.3. The predicted octanol–water partition coefficient (Wildman–Crippen LogP) is 2.86. The normalized spacial score (nSPS) is 16.6. The number of rotatable bonds is 5. The van der Waals surface area contributed by atoms with E-state index in [0.717, 1.165) is 22.7 Å². The van der Waals surface area contributed by atoms with Crippen molar-refractivity contribution >= 4 is 34.0 Å². The van der Waals surface area contributed by atoms with E-state index >= 15 is 0 Å². The van der Waals surface area contributed by atoms with Gasteiger partial charge in [-0.25, -0.2) is 0 Å². The zero-order chi connectivity index (χ0) is 19.6. The van der Waals surface area contributed by atoms with Crippen LogP contribution in [0.25, 0.3) is 10.6 Å². The molecule has 2 amide bonds. The highest BCUT2D eigenvalue weighted by molar-refractivity contribution is 7.18. The maximum atomic E-state index is 12.6. The Morgan fingerprint density at radius 2 is 1.93 bits per heavy atom. The summed E-state index contributed by atoms with van der Waals surface area (Å²) in [6.07, 6.45) is 1.53. The Balaban J connectivity index is 1.68. The lowest BCUT2D eigenvalue weighted by Gasteiger charge is -2.25. The highest BCUT2D eigenvalue weighted by Gasteiger charge is 2.35. The molecule has 1 aliphatic heterocycles. The number of nitrogens with zero attached hydrogens (tertiary/aromatic N) is 4. The van der Waals surface area contributed by atoms with Crippen LogP contribution in [-0.4, -0.2) is 53.6 Å². The summed E-state index contributed by atoms with van der Waals surface area (Å²) < 4.78 is 0. The summed E-state index contributed by atoms with van der Waals surface area (Å²) in [4.78, 5) is 28.7. The second-order valence-corrected chi connectivity index (χ2v) is 8.16. The van der Waals surface area contributed by atoms with E-state index in [1.807, 2.05) is 57.1 Å². The van der Waals surface area contributed by atoms with E-state index in [2.05, 4.69) is 15.5 Å². The van der Waals surface area contributed by atoms with Gasteiger partial charge in [0.05, 0.1) is 0 Å². The van der Waals surface area contributed by atoms with Gasteiger partial charge in [0, 0.05) is 37.8 Å². The first-order valence-electron chi connectivity index (χ1n) is 9.09. The Morgan fingerprint density at radius 1 is 1.22 bits per heavy atom. The predicted molar refractivity (Wildman–Crippen MR) is 108 cm³/mol. The van der Waals surface area contributed by atoms with Crippen LogP contribution in [-0.2, 0) is 9.59 Å². The van der Waals surface area contributed by atoms with Crippen LogP contribution in [0.1, 0.15) is 26.7 Å². The molecule has 0 spiro atoms. The van der Waals surface area contributed by atoms with Crippen molar-refractivity contribution in [1.29, 1.82) is 0 Å². The van der Waals surface area contributed by atoms with Gasteiger partial charge in [-0.2, -0.15) is 0 Å². The third-order valence-electron chi connectivity index (χ3n) is 4.62. The third-order valence-corrected chi connectivity index (χ3v) is 5.51. The van der Waals surface area contributed by atoms with E-state index in [1.54, 1.807) is 4.90 Å². The van der Waals surface area contributed by atoms with Crippen molar-refractivity contribution in [1.82, 2.24) is 15.1 Å². The number of carbonyl (C=O) groups is 2. The fourth-order valence-electron chi connectivity index (χ4n) is 3.12. The van der Waals surface area contributed by atoms with Crippen molar-refractivity contribution in [3.8, 4) is 10.6 Å². The van der Waals surface area contributed by atoms with Gasteiger partial charge in [-0.3, -0.25) is 14.9 Å². The zero-order valence-corrected chi connectivity index (χ0v) is 16.9. The Kier molecular flexibility index (Phi) is 5.74. The number of amides is 2. The molecule has 1 saturated heterocycles. The molecule has 1 aromatic carbocycles. The van der Waals surface area contributed by atoms with Crippen LogP contribution >= 0.6 is 11.3 Å². The second-order valence-electron chi connectivity index (χ2n) is 7.19. The van der Waals surface area contributed by atoms with Gasteiger partial charge in [0.25, 0.3) is 0 Å². The van der Waals surface area contributed by atoms with Gasteiger partial charge < -0.3 is 9.80 Å². The standard InChI is InChI=1S/C19H25N5O2S/c1-12(2)18(26)24-11-5-6-15(24)16(25)20-19-22-21-17(27-19)13-7-9-14(10-8-13)23(3)4/h7-10,12,15H,5-6,11H2,1-4H3,(H,20,22,25). The zero-order valence-electron chi connectivity index (χ0n) is 16.1. The molecular weight excluding hydrogens is 362 g/mol. The lowest BCUT2D eigenvalue weighted by Crippen LogP contribution is -2.44. The van der Waals surface area contributed by atoms with E-state index in [9.17, 15) is 9.59 Å². The number of nitrogens with one attached hydrogen (secondary N) is 1. The Morgan fingerprint density at radius 3 is 2.56 bits per heavy atom. The molecule has 1 aromatic heterocycles. The molecule has 7 nitrogen and oxygen atoms in total. The summed E-state index contributed by atoms with van der Waals surface area (Å²) in [6.45, 7) is 4.34. The number of hydrogen-bond donors (Lipinski definition) is 1. The number of likely N-dealkylation sites (tertiary alicyclic amines) is 1. The Bertz CT molecular complexity index is 816. The summed E-state index contributed by atoms with van der Waals surface area (Å²) in [5.41, 5.74) is 2.06. The van der Waals surface area contributed by atoms with Crippen molar-refractivity contribution in [2.75, 3.05) is 30.9 Å². The van der Waals surface area contributed by atoms with Gasteiger partial charge in [-0.15, -0.1) is 10.2 Å². The highest BCUT2D eigenvalue weighted by atomic mass is 32.1. The monoisotopic (exact) mass is 387 g/mol. The molecule has 2 heterocycles. The molecule has 0 bridgehead atoms. The molecule has 27 heavy (non-hydrogen) atoms.